The van der Waals surface area contributed by atoms with Crippen molar-refractivity contribution in [1.82, 2.24) is 0 Å². The van der Waals surface area contributed by atoms with Gasteiger partial charge >= 0.3 is 7.60 Å². The first-order valence-corrected chi connectivity index (χ1v) is 13.8. The van der Waals surface area contributed by atoms with Gasteiger partial charge in [-0.1, -0.05) is 51.1 Å². The van der Waals surface area contributed by atoms with Crippen LogP contribution in [0.25, 0.3) is 0 Å². The maximum Gasteiger partial charge on any atom is 0.411 e. The van der Waals surface area contributed by atoms with Gasteiger partial charge in [0.15, 0.2) is 0 Å². The van der Waals surface area contributed by atoms with Crippen LogP contribution in [0.2, 0.25) is 0 Å². The molecule has 0 aliphatic carbocycles. The Labute approximate surface area is 197 Å². The van der Waals surface area contributed by atoms with E-state index in [9.17, 15) is 13.0 Å². The summed E-state index contributed by atoms with van der Waals surface area (Å²) in [5.41, 5.74) is 0.275. The lowest BCUT2D eigenvalue weighted by atomic mass is 9.87. The molecular weight excluding hydrogens is 455 g/mol. The van der Waals surface area contributed by atoms with Gasteiger partial charge in [-0.2, -0.15) is 0 Å². The van der Waals surface area contributed by atoms with Crippen molar-refractivity contribution in [2.24, 2.45) is 0 Å². The van der Waals surface area contributed by atoms with Crippen molar-refractivity contribution in [3.05, 3.63) is 84.4 Å². The third-order valence-electron chi connectivity index (χ3n) is 4.86. The van der Waals surface area contributed by atoms with E-state index in [0.29, 0.717) is 5.30 Å². The topological polar surface area (TPSA) is 69.7 Å². The van der Waals surface area contributed by atoms with E-state index < -0.39 is 23.0 Å². The van der Waals surface area contributed by atoms with Crippen molar-refractivity contribution in [1.29, 1.82) is 0 Å². The summed E-state index contributed by atoms with van der Waals surface area (Å²) in [4.78, 5) is 0.347. The highest BCUT2D eigenvalue weighted by molar-refractivity contribution is 7.91. The zero-order valence-electron chi connectivity index (χ0n) is 19.9. The average Bonchev–Trinajstić information content (AvgIpc) is 2.73. The van der Waals surface area contributed by atoms with Gasteiger partial charge in [-0.15, -0.1) is 0 Å². The van der Waals surface area contributed by atoms with Crippen molar-refractivity contribution in [3.63, 3.8) is 0 Å². The van der Waals surface area contributed by atoms with Gasteiger partial charge in [0.05, 0.1) is 20.7 Å². The summed E-state index contributed by atoms with van der Waals surface area (Å²) in [6.45, 7) is 11.6. The molecule has 0 fully saturated rings. The monoisotopic (exact) mass is 486 g/mol. The van der Waals surface area contributed by atoms with Crippen LogP contribution >= 0.6 is 7.60 Å². The number of benzene rings is 3. The number of sulfone groups is 1. The molecule has 33 heavy (non-hydrogen) atoms. The summed E-state index contributed by atoms with van der Waals surface area (Å²) >= 11 is 0. The normalized spacial score (nSPS) is 14.5. The largest absolute Gasteiger partial charge is 0.421 e. The molecule has 0 spiro atoms. The highest BCUT2D eigenvalue weighted by atomic mass is 32.2. The minimum Gasteiger partial charge on any atom is -0.421 e. The van der Waals surface area contributed by atoms with Gasteiger partial charge in [0, 0.05) is 0 Å². The standard InChI is InChI=1S/C26H31O5PS/c1-25(2,3)20-12-16-23(17-13-20)33(28,29)24-18-14-21(15-19-24)30-32(27,31-26(4,5)6)22-10-8-7-9-11-22/h7-19H,1-6H3. The van der Waals surface area contributed by atoms with Crippen LogP contribution in [0.1, 0.15) is 47.1 Å². The summed E-state index contributed by atoms with van der Waals surface area (Å²) in [6.07, 6.45) is 0. The van der Waals surface area contributed by atoms with Gasteiger partial charge in [-0.25, -0.2) is 13.0 Å². The third kappa shape index (κ3) is 6.14. The average molecular weight is 487 g/mol. The molecular formula is C26H31O5PS. The van der Waals surface area contributed by atoms with Crippen LogP contribution in [-0.2, 0) is 24.3 Å². The number of hydrogen-bond donors (Lipinski definition) is 0. The fourth-order valence-electron chi connectivity index (χ4n) is 3.18. The summed E-state index contributed by atoms with van der Waals surface area (Å²) in [5, 5.41) is 0.426. The predicted molar refractivity (Wildman–Crippen MR) is 132 cm³/mol. The lowest BCUT2D eigenvalue weighted by Crippen LogP contribution is -2.23. The molecule has 0 saturated carbocycles. The molecule has 1 atom stereocenters. The molecule has 0 saturated heterocycles. The molecule has 0 aliphatic rings. The van der Waals surface area contributed by atoms with Gasteiger partial charge in [-0.3, -0.25) is 4.52 Å². The summed E-state index contributed by atoms with van der Waals surface area (Å²) in [5.74, 6) is 0.258. The number of hydrogen-bond acceptors (Lipinski definition) is 5. The van der Waals surface area contributed by atoms with Crippen LogP contribution in [0.5, 0.6) is 5.75 Å². The zero-order valence-corrected chi connectivity index (χ0v) is 21.6. The second-order valence-electron chi connectivity index (χ2n) is 9.88. The Morgan fingerprint density at radius 2 is 1.18 bits per heavy atom. The fraction of sp³-hybridized carbons (Fsp3) is 0.308. The molecule has 1 unspecified atom stereocenters. The molecule has 0 heterocycles. The predicted octanol–water partition coefficient (Wildman–Crippen LogP) is 6.53. The van der Waals surface area contributed by atoms with Gasteiger partial charge in [0.1, 0.15) is 5.75 Å². The summed E-state index contributed by atoms with van der Waals surface area (Å²) < 4.78 is 51.5. The van der Waals surface area contributed by atoms with Crippen molar-refractivity contribution >= 4 is 22.7 Å². The Morgan fingerprint density at radius 3 is 1.64 bits per heavy atom. The van der Waals surface area contributed by atoms with Gasteiger partial charge in [0.25, 0.3) is 0 Å². The molecule has 0 radical (unpaired) electrons. The first-order chi connectivity index (χ1) is 15.2. The van der Waals surface area contributed by atoms with Crippen LogP contribution in [0.4, 0.5) is 0 Å². The molecule has 0 aromatic heterocycles. The molecule has 3 aromatic rings. The van der Waals surface area contributed by atoms with E-state index in [1.807, 2.05) is 18.2 Å². The van der Waals surface area contributed by atoms with E-state index in [4.69, 9.17) is 9.05 Å². The van der Waals surface area contributed by atoms with E-state index in [1.165, 1.54) is 24.3 Å². The lowest BCUT2D eigenvalue weighted by Gasteiger charge is -2.27. The van der Waals surface area contributed by atoms with Gasteiger partial charge in [0.2, 0.25) is 9.84 Å². The Hall–Kier alpha value is -2.40. The molecule has 7 heteroatoms. The Balaban J connectivity index is 1.89. The van der Waals surface area contributed by atoms with E-state index in [0.717, 1.165) is 5.56 Å². The zero-order chi connectivity index (χ0) is 24.5. The fourth-order valence-corrected chi connectivity index (χ4v) is 6.35. The Bertz CT molecular complexity index is 1240. The third-order valence-corrected chi connectivity index (χ3v) is 8.81. The Morgan fingerprint density at radius 1 is 0.697 bits per heavy atom. The molecule has 0 N–H and O–H groups in total. The van der Waals surface area contributed by atoms with E-state index in [-0.39, 0.29) is 21.0 Å². The summed E-state index contributed by atoms with van der Waals surface area (Å²) in [6, 6.07) is 21.5. The highest BCUT2D eigenvalue weighted by Gasteiger charge is 2.34. The smallest absolute Gasteiger partial charge is 0.411 e. The van der Waals surface area contributed by atoms with Crippen molar-refractivity contribution in [2.45, 2.75) is 62.3 Å². The van der Waals surface area contributed by atoms with E-state index in [1.54, 1.807) is 57.2 Å². The molecule has 3 aromatic carbocycles. The molecule has 3 rings (SSSR count). The minimum absolute atomic E-state index is 0.0664. The molecule has 0 aliphatic heterocycles. The SMILES string of the molecule is CC(C)(C)OP(=O)(Oc1ccc(S(=O)(=O)c2ccc(C(C)(C)C)cc2)cc1)c1ccccc1. The van der Waals surface area contributed by atoms with E-state index >= 15 is 0 Å². The van der Waals surface area contributed by atoms with Crippen molar-refractivity contribution in [3.8, 4) is 5.75 Å². The second kappa shape index (κ2) is 9.09. The first-order valence-electron chi connectivity index (χ1n) is 10.7. The number of rotatable bonds is 6. The summed E-state index contributed by atoms with van der Waals surface area (Å²) in [7, 11) is -7.40. The maximum absolute atomic E-state index is 13.7. The first kappa shape index (κ1) is 25.2. The van der Waals surface area contributed by atoms with Crippen LogP contribution in [0.15, 0.2) is 88.7 Å². The van der Waals surface area contributed by atoms with E-state index in [2.05, 4.69) is 20.8 Å². The molecule has 176 valence electrons. The van der Waals surface area contributed by atoms with Crippen LogP contribution < -0.4 is 9.83 Å². The van der Waals surface area contributed by atoms with Crippen molar-refractivity contribution < 1.29 is 22.0 Å². The van der Waals surface area contributed by atoms with Gasteiger partial charge in [-0.05, 0) is 80.3 Å². The van der Waals surface area contributed by atoms with Crippen LogP contribution in [0.3, 0.4) is 0 Å². The van der Waals surface area contributed by atoms with Crippen LogP contribution in [0, 0.1) is 0 Å². The quantitative estimate of drug-likeness (QED) is 0.371. The van der Waals surface area contributed by atoms with Crippen LogP contribution in [-0.4, -0.2) is 14.0 Å². The Kier molecular flexibility index (Phi) is 6.95. The molecule has 0 amide bonds. The van der Waals surface area contributed by atoms with Gasteiger partial charge < -0.3 is 4.52 Å². The second-order valence-corrected chi connectivity index (χ2v) is 13.7. The minimum atomic E-state index is -3.70. The lowest BCUT2D eigenvalue weighted by molar-refractivity contribution is 0.119. The maximum atomic E-state index is 13.7. The van der Waals surface area contributed by atoms with Crippen molar-refractivity contribution in [2.75, 3.05) is 0 Å². The molecule has 5 nitrogen and oxygen atoms in total. The highest BCUT2D eigenvalue weighted by Crippen LogP contribution is 2.50. The molecule has 0 bridgehead atoms.